The Morgan fingerprint density at radius 1 is 1.04 bits per heavy atom. The molecule has 0 radical (unpaired) electrons. The highest BCUT2D eigenvalue weighted by molar-refractivity contribution is 7.21. The number of amides is 2. The standard InChI is InChI=1S/C35H39ClFN3O4S/c1-21-10-11-23(19-38-21)22-12-17-28(43-6)24(18-22)20-40(33(41)32-31(36)30-27(37)8-7-9-29(30)45-32)26-15-13-25(14-16-26)39(5)34(42)44-35(2,3)4/h7-12,17-19,25-26H,13-16,20H2,1-6H3. The van der Waals surface area contributed by atoms with Crippen LogP contribution >= 0.6 is 22.9 Å². The summed E-state index contributed by atoms with van der Waals surface area (Å²) in [5.74, 6) is -0.0523. The third-order valence-electron chi connectivity index (χ3n) is 8.26. The minimum Gasteiger partial charge on any atom is -0.496 e. The van der Waals surface area contributed by atoms with Crippen LogP contribution in [0.25, 0.3) is 21.2 Å². The quantitative estimate of drug-likeness (QED) is 0.200. The van der Waals surface area contributed by atoms with Gasteiger partial charge in [-0.05, 0) is 89.3 Å². The Labute approximate surface area is 272 Å². The van der Waals surface area contributed by atoms with E-state index < -0.39 is 11.4 Å². The number of ether oxygens (including phenoxy) is 2. The van der Waals surface area contributed by atoms with Crippen molar-refractivity contribution in [1.82, 2.24) is 14.8 Å². The van der Waals surface area contributed by atoms with Gasteiger partial charge in [-0.1, -0.05) is 29.8 Å². The lowest BCUT2D eigenvalue weighted by Crippen LogP contribution is -2.47. The van der Waals surface area contributed by atoms with Crippen molar-refractivity contribution in [3.8, 4) is 16.9 Å². The number of rotatable bonds is 7. The molecule has 0 saturated heterocycles. The van der Waals surface area contributed by atoms with Crippen LogP contribution in [-0.4, -0.2) is 58.6 Å². The molecule has 0 bridgehead atoms. The minimum absolute atomic E-state index is 0.0121. The number of methoxy groups -OCH3 is 1. The molecule has 1 aliphatic carbocycles. The van der Waals surface area contributed by atoms with Crippen LogP contribution in [0.4, 0.5) is 9.18 Å². The summed E-state index contributed by atoms with van der Waals surface area (Å²) in [7, 11) is 3.38. The predicted octanol–water partition coefficient (Wildman–Crippen LogP) is 8.89. The summed E-state index contributed by atoms with van der Waals surface area (Å²) in [4.78, 5) is 35.5. The molecule has 2 amide bonds. The van der Waals surface area contributed by atoms with Crippen LogP contribution in [0.15, 0.2) is 54.7 Å². The molecular formula is C35H39ClFN3O4S. The highest BCUT2D eigenvalue weighted by atomic mass is 35.5. The first-order valence-electron chi connectivity index (χ1n) is 15.1. The number of carbonyl (C=O) groups is 2. The maximum Gasteiger partial charge on any atom is 0.410 e. The van der Waals surface area contributed by atoms with Crippen molar-refractivity contribution in [2.75, 3.05) is 14.2 Å². The van der Waals surface area contributed by atoms with Gasteiger partial charge in [-0.3, -0.25) is 9.78 Å². The van der Waals surface area contributed by atoms with Gasteiger partial charge in [0.1, 0.15) is 22.0 Å². The van der Waals surface area contributed by atoms with Crippen LogP contribution < -0.4 is 4.74 Å². The fraction of sp³-hybridized carbons (Fsp3) is 0.400. The lowest BCUT2D eigenvalue weighted by Gasteiger charge is -2.40. The number of pyridine rings is 1. The summed E-state index contributed by atoms with van der Waals surface area (Å²) in [6.45, 7) is 7.76. The number of nitrogens with zero attached hydrogens (tertiary/aromatic N) is 3. The van der Waals surface area contributed by atoms with Gasteiger partial charge in [-0.15, -0.1) is 11.3 Å². The zero-order valence-corrected chi connectivity index (χ0v) is 28.1. The number of hydrogen-bond acceptors (Lipinski definition) is 6. The smallest absolute Gasteiger partial charge is 0.410 e. The summed E-state index contributed by atoms with van der Waals surface area (Å²) in [5, 5.41) is 0.398. The summed E-state index contributed by atoms with van der Waals surface area (Å²) in [6.07, 6.45) is 4.22. The van der Waals surface area contributed by atoms with Crippen LogP contribution in [0.5, 0.6) is 5.75 Å². The molecule has 2 aromatic carbocycles. The van der Waals surface area contributed by atoms with E-state index in [1.807, 2.05) is 69.1 Å². The second-order valence-electron chi connectivity index (χ2n) is 12.6. The lowest BCUT2D eigenvalue weighted by molar-refractivity contribution is 0.0144. The van der Waals surface area contributed by atoms with Crippen LogP contribution in [0.2, 0.25) is 5.02 Å². The zero-order chi connectivity index (χ0) is 32.5. The Morgan fingerprint density at radius 2 is 1.73 bits per heavy atom. The van der Waals surface area contributed by atoms with Crippen molar-refractivity contribution < 1.29 is 23.5 Å². The maximum atomic E-state index is 14.8. The van der Waals surface area contributed by atoms with Gasteiger partial charge in [0.15, 0.2) is 0 Å². The molecule has 1 fully saturated rings. The van der Waals surface area contributed by atoms with Crippen LogP contribution in [0, 0.1) is 12.7 Å². The second kappa shape index (κ2) is 13.3. The van der Waals surface area contributed by atoms with Gasteiger partial charge in [-0.2, -0.15) is 0 Å². The molecule has 1 saturated carbocycles. The van der Waals surface area contributed by atoms with E-state index in [2.05, 4.69) is 4.98 Å². The van der Waals surface area contributed by atoms with Crippen LogP contribution in [-0.2, 0) is 11.3 Å². The van der Waals surface area contributed by atoms with Gasteiger partial charge >= 0.3 is 6.09 Å². The molecule has 10 heteroatoms. The van der Waals surface area contributed by atoms with Crippen molar-refractivity contribution in [2.45, 2.75) is 77.6 Å². The SMILES string of the molecule is COc1ccc(-c2ccc(C)nc2)cc1CN(C(=O)c1sc2cccc(F)c2c1Cl)C1CCC(N(C)C(=O)OC(C)(C)C)CC1. The normalized spacial score (nSPS) is 16.8. The number of carbonyl (C=O) groups excluding carboxylic acids is 2. The molecule has 1 aliphatic rings. The Hall–Kier alpha value is -3.69. The van der Waals surface area contributed by atoms with Gasteiger partial charge < -0.3 is 19.3 Å². The first-order chi connectivity index (χ1) is 21.4. The van der Waals surface area contributed by atoms with E-state index in [1.54, 1.807) is 31.2 Å². The Bertz CT molecular complexity index is 1690. The topological polar surface area (TPSA) is 72.0 Å². The number of hydrogen-bond donors (Lipinski definition) is 0. The molecule has 45 heavy (non-hydrogen) atoms. The summed E-state index contributed by atoms with van der Waals surface area (Å²) in [5.41, 5.74) is 3.08. The molecule has 4 aromatic rings. The molecule has 0 N–H and O–H groups in total. The van der Waals surface area contributed by atoms with Crippen LogP contribution in [0.1, 0.15) is 67.4 Å². The van der Waals surface area contributed by atoms with E-state index in [9.17, 15) is 14.0 Å². The number of benzene rings is 2. The Morgan fingerprint density at radius 3 is 2.36 bits per heavy atom. The van der Waals surface area contributed by atoms with Crippen molar-refractivity contribution >= 4 is 45.0 Å². The maximum absolute atomic E-state index is 14.8. The van der Waals surface area contributed by atoms with Crippen LogP contribution in [0.3, 0.4) is 0 Å². The van der Waals surface area contributed by atoms with Crippen molar-refractivity contribution in [3.63, 3.8) is 0 Å². The average Bonchev–Trinajstić information content (AvgIpc) is 3.36. The van der Waals surface area contributed by atoms with E-state index in [4.69, 9.17) is 21.1 Å². The largest absolute Gasteiger partial charge is 0.496 e. The molecule has 5 rings (SSSR count). The molecular weight excluding hydrogens is 613 g/mol. The molecule has 2 heterocycles. The first kappa shape index (κ1) is 32.7. The van der Waals surface area contributed by atoms with Crippen molar-refractivity contribution in [3.05, 3.63) is 81.7 Å². The Balaban J connectivity index is 1.47. The third-order valence-corrected chi connectivity index (χ3v) is 9.90. The number of fused-ring (bicyclic) bond motifs is 1. The van der Waals surface area contributed by atoms with Crippen molar-refractivity contribution in [1.29, 1.82) is 0 Å². The van der Waals surface area contributed by atoms with Crippen molar-refractivity contribution in [2.24, 2.45) is 0 Å². The lowest BCUT2D eigenvalue weighted by atomic mass is 9.89. The summed E-state index contributed by atoms with van der Waals surface area (Å²) < 4.78 is 26.7. The van der Waals surface area contributed by atoms with E-state index in [1.165, 1.54) is 17.4 Å². The van der Waals surface area contributed by atoms with E-state index in [0.717, 1.165) is 22.4 Å². The number of aryl methyl sites for hydroxylation is 1. The minimum atomic E-state index is -0.586. The van der Waals surface area contributed by atoms with Gasteiger partial charge in [-0.25, -0.2) is 9.18 Å². The number of halogens is 2. The zero-order valence-electron chi connectivity index (χ0n) is 26.5. The average molecular weight is 652 g/mol. The molecule has 238 valence electrons. The molecule has 0 atom stereocenters. The Kier molecular flexibility index (Phi) is 9.70. The predicted molar refractivity (Wildman–Crippen MR) is 178 cm³/mol. The molecule has 2 aromatic heterocycles. The summed E-state index contributed by atoms with van der Waals surface area (Å²) >= 11 is 7.91. The molecule has 0 spiro atoms. The fourth-order valence-electron chi connectivity index (χ4n) is 5.85. The molecule has 7 nitrogen and oxygen atoms in total. The highest BCUT2D eigenvalue weighted by Gasteiger charge is 2.35. The monoisotopic (exact) mass is 651 g/mol. The highest BCUT2D eigenvalue weighted by Crippen LogP contribution is 2.40. The summed E-state index contributed by atoms with van der Waals surface area (Å²) in [6, 6.07) is 14.5. The van der Waals surface area contributed by atoms with Gasteiger partial charge in [0.2, 0.25) is 0 Å². The first-order valence-corrected chi connectivity index (χ1v) is 16.3. The molecule has 0 aliphatic heterocycles. The van der Waals surface area contributed by atoms with E-state index >= 15 is 0 Å². The fourth-order valence-corrected chi connectivity index (χ4v) is 7.36. The third kappa shape index (κ3) is 7.25. The molecule has 0 unspecified atom stereocenters. The number of thiophene rings is 1. The number of aromatic nitrogens is 1. The van der Waals surface area contributed by atoms with Gasteiger partial charge in [0.25, 0.3) is 5.91 Å². The van der Waals surface area contributed by atoms with Gasteiger partial charge in [0.05, 0.1) is 12.1 Å². The van der Waals surface area contributed by atoms with Gasteiger partial charge in [0, 0.05) is 58.8 Å². The second-order valence-corrected chi connectivity index (χ2v) is 14.0. The van der Waals surface area contributed by atoms with E-state index in [-0.39, 0.29) is 41.0 Å². The van der Waals surface area contributed by atoms with E-state index in [0.29, 0.717) is 41.0 Å².